The van der Waals surface area contributed by atoms with E-state index < -0.39 is 0 Å². The lowest BCUT2D eigenvalue weighted by Gasteiger charge is -2.10. The number of para-hydroxylation sites is 2. The third-order valence-corrected chi connectivity index (χ3v) is 5.95. The number of amides is 1. The van der Waals surface area contributed by atoms with E-state index in [4.69, 9.17) is 4.98 Å². The molecule has 3 aromatic rings. The zero-order valence-electron chi connectivity index (χ0n) is 16.8. The van der Waals surface area contributed by atoms with Gasteiger partial charge in [-0.15, -0.1) is 11.3 Å². The Morgan fingerprint density at radius 2 is 1.86 bits per heavy atom. The molecule has 5 heteroatoms. The fourth-order valence-corrected chi connectivity index (χ4v) is 4.20. The maximum Gasteiger partial charge on any atom is 0.261 e. The number of carbonyl (C=O) groups is 1. The summed E-state index contributed by atoms with van der Waals surface area (Å²) in [6.45, 7) is 3.97. The van der Waals surface area contributed by atoms with Gasteiger partial charge in [0.25, 0.3) is 5.91 Å². The van der Waals surface area contributed by atoms with Gasteiger partial charge in [-0.3, -0.25) is 4.79 Å². The maximum absolute atomic E-state index is 12.1. The van der Waals surface area contributed by atoms with Gasteiger partial charge in [-0.25, -0.2) is 4.98 Å². The Hall–Kier alpha value is -2.14. The minimum absolute atomic E-state index is 0.0237. The summed E-state index contributed by atoms with van der Waals surface area (Å²) in [7, 11) is 0. The van der Waals surface area contributed by atoms with E-state index in [1.807, 2.05) is 17.5 Å². The molecule has 1 aromatic carbocycles. The number of rotatable bonds is 12. The zero-order valence-corrected chi connectivity index (χ0v) is 17.6. The highest BCUT2D eigenvalue weighted by Gasteiger charge is 2.11. The van der Waals surface area contributed by atoms with E-state index in [1.54, 1.807) is 0 Å². The van der Waals surface area contributed by atoms with Gasteiger partial charge in [0.05, 0.1) is 15.9 Å². The molecule has 1 N–H and O–H groups in total. The van der Waals surface area contributed by atoms with Crippen molar-refractivity contribution in [1.29, 1.82) is 0 Å². The van der Waals surface area contributed by atoms with E-state index in [2.05, 4.69) is 41.1 Å². The average Bonchev–Trinajstić information content (AvgIpc) is 3.36. The highest BCUT2D eigenvalue weighted by Crippen LogP contribution is 2.19. The molecule has 1 amide bonds. The fourth-order valence-electron chi connectivity index (χ4n) is 3.56. The Morgan fingerprint density at radius 1 is 1.04 bits per heavy atom. The van der Waals surface area contributed by atoms with Crippen molar-refractivity contribution < 1.29 is 4.79 Å². The van der Waals surface area contributed by atoms with Crippen LogP contribution in [0.2, 0.25) is 0 Å². The second-order valence-corrected chi connectivity index (χ2v) is 8.22. The first-order valence-electron chi connectivity index (χ1n) is 10.6. The quantitative estimate of drug-likeness (QED) is 0.391. The molecule has 3 rings (SSSR count). The fraction of sp³-hybridized carbons (Fsp3) is 0.478. The van der Waals surface area contributed by atoms with E-state index in [0.29, 0.717) is 6.54 Å². The first kappa shape index (κ1) is 20.6. The molecule has 0 aliphatic carbocycles. The summed E-state index contributed by atoms with van der Waals surface area (Å²) < 4.78 is 2.39. The number of benzene rings is 1. The summed E-state index contributed by atoms with van der Waals surface area (Å²) in [6, 6.07) is 12.2. The summed E-state index contributed by atoms with van der Waals surface area (Å²) >= 11 is 1.48. The number of hydrogen-bond acceptors (Lipinski definition) is 3. The molecule has 0 fully saturated rings. The van der Waals surface area contributed by atoms with Crippen LogP contribution in [0.3, 0.4) is 0 Å². The van der Waals surface area contributed by atoms with E-state index in [0.717, 1.165) is 35.6 Å². The minimum Gasteiger partial charge on any atom is -0.351 e. The Balaban J connectivity index is 1.53. The van der Waals surface area contributed by atoms with Crippen molar-refractivity contribution in [3.63, 3.8) is 0 Å². The topological polar surface area (TPSA) is 46.9 Å². The largest absolute Gasteiger partial charge is 0.351 e. The van der Waals surface area contributed by atoms with Crippen LogP contribution in [0.1, 0.15) is 67.4 Å². The number of imidazole rings is 1. The van der Waals surface area contributed by atoms with Crippen molar-refractivity contribution in [2.24, 2.45) is 0 Å². The van der Waals surface area contributed by atoms with Gasteiger partial charge >= 0.3 is 0 Å². The van der Waals surface area contributed by atoms with Crippen LogP contribution < -0.4 is 5.32 Å². The van der Waals surface area contributed by atoms with Crippen LogP contribution in [0.4, 0.5) is 0 Å². The van der Waals surface area contributed by atoms with Gasteiger partial charge in [-0.2, -0.15) is 0 Å². The summed E-state index contributed by atoms with van der Waals surface area (Å²) in [5, 5.41) is 4.94. The lowest BCUT2D eigenvalue weighted by molar-refractivity contribution is 0.0957. The molecule has 0 saturated heterocycles. The van der Waals surface area contributed by atoms with Crippen molar-refractivity contribution in [1.82, 2.24) is 14.9 Å². The van der Waals surface area contributed by atoms with E-state index in [9.17, 15) is 4.79 Å². The lowest BCUT2D eigenvalue weighted by Crippen LogP contribution is -2.24. The first-order chi connectivity index (χ1) is 13.8. The second kappa shape index (κ2) is 11.0. The Kier molecular flexibility index (Phi) is 8.09. The molecule has 4 nitrogen and oxygen atoms in total. The van der Waals surface area contributed by atoms with Crippen molar-refractivity contribution >= 4 is 28.3 Å². The zero-order chi connectivity index (χ0) is 19.6. The molecule has 150 valence electrons. The molecule has 28 heavy (non-hydrogen) atoms. The van der Waals surface area contributed by atoms with Gasteiger partial charge in [0.2, 0.25) is 0 Å². The highest BCUT2D eigenvalue weighted by atomic mass is 32.1. The smallest absolute Gasteiger partial charge is 0.261 e. The van der Waals surface area contributed by atoms with Crippen LogP contribution in [0.15, 0.2) is 41.8 Å². The number of carbonyl (C=O) groups excluding carboxylic acids is 1. The number of aryl methyl sites for hydroxylation is 2. The van der Waals surface area contributed by atoms with Crippen LogP contribution in [0, 0.1) is 0 Å². The molecule has 0 bridgehead atoms. The van der Waals surface area contributed by atoms with E-state index in [-0.39, 0.29) is 5.91 Å². The number of aromatic nitrogens is 2. The molecular weight excluding hydrogens is 366 g/mol. The first-order valence-corrected chi connectivity index (χ1v) is 11.4. The average molecular weight is 398 g/mol. The third kappa shape index (κ3) is 5.68. The van der Waals surface area contributed by atoms with Crippen molar-refractivity contribution in [3.05, 3.63) is 52.5 Å². The van der Waals surface area contributed by atoms with Crippen molar-refractivity contribution in [2.75, 3.05) is 6.54 Å². The molecule has 2 heterocycles. The predicted molar refractivity (Wildman–Crippen MR) is 118 cm³/mol. The number of hydrogen-bond donors (Lipinski definition) is 1. The molecule has 0 radical (unpaired) electrons. The van der Waals surface area contributed by atoms with Gasteiger partial charge in [0.15, 0.2) is 0 Å². The number of nitrogens with zero attached hydrogens (tertiary/aromatic N) is 2. The standard InChI is InChI=1S/C23H31N3OS/c1-2-3-4-5-6-9-17-26-20-13-8-7-12-19(20)25-22(26)15-10-16-24-23(27)21-14-11-18-28-21/h7-8,11-14,18H,2-6,9-10,15-17H2,1H3,(H,24,27). The predicted octanol–water partition coefficient (Wildman–Crippen LogP) is 5.82. The number of fused-ring (bicyclic) bond motifs is 1. The highest BCUT2D eigenvalue weighted by molar-refractivity contribution is 7.12. The normalized spacial score (nSPS) is 11.2. The molecule has 0 atom stereocenters. The van der Waals surface area contributed by atoms with Crippen LogP contribution in [0.5, 0.6) is 0 Å². The molecule has 0 unspecified atom stereocenters. The van der Waals surface area contributed by atoms with Gasteiger partial charge in [-0.05, 0) is 36.4 Å². The van der Waals surface area contributed by atoms with Crippen molar-refractivity contribution in [2.45, 2.75) is 64.8 Å². The maximum atomic E-state index is 12.1. The van der Waals surface area contributed by atoms with Gasteiger partial charge in [0.1, 0.15) is 5.82 Å². The summed E-state index contributed by atoms with van der Waals surface area (Å²) in [5.74, 6) is 1.16. The molecule has 0 aliphatic rings. The number of thiophene rings is 1. The monoisotopic (exact) mass is 397 g/mol. The van der Waals surface area contributed by atoms with Crippen molar-refractivity contribution in [3.8, 4) is 0 Å². The molecule has 0 aliphatic heterocycles. The lowest BCUT2D eigenvalue weighted by atomic mass is 10.1. The van der Waals surface area contributed by atoms with Gasteiger partial charge < -0.3 is 9.88 Å². The SMILES string of the molecule is CCCCCCCCn1c(CCCNC(=O)c2cccs2)nc2ccccc21. The number of nitrogens with one attached hydrogen (secondary N) is 1. The minimum atomic E-state index is 0.0237. The summed E-state index contributed by atoms with van der Waals surface area (Å²) in [6.07, 6.45) is 9.57. The van der Waals surface area contributed by atoms with Gasteiger partial charge in [0, 0.05) is 19.5 Å². The Labute approximate surface area is 172 Å². The van der Waals surface area contributed by atoms with Crippen LogP contribution >= 0.6 is 11.3 Å². The Bertz CT molecular complexity index is 854. The second-order valence-electron chi connectivity index (χ2n) is 7.27. The van der Waals surface area contributed by atoms with Gasteiger partial charge in [-0.1, -0.05) is 57.2 Å². The molecule has 2 aromatic heterocycles. The third-order valence-electron chi connectivity index (χ3n) is 5.08. The molecular formula is C23H31N3OS. The van der Waals surface area contributed by atoms with E-state index >= 15 is 0 Å². The number of unbranched alkanes of at least 4 members (excludes halogenated alkanes) is 5. The molecule has 0 saturated carbocycles. The van der Waals surface area contributed by atoms with Crippen LogP contribution in [-0.4, -0.2) is 22.0 Å². The summed E-state index contributed by atoms with van der Waals surface area (Å²) in [5.41, 5.74) is 2.31. The molecule has 0 spiro atoms. The summed E-state index contributed by atoms with van der Waals surface area (Å²) in [4.78, 5) is 17.7. The van der Waals surface area contributed by atoms with E-state index in [1.165, 1.54) is 55.4 Å². The van der Waals surface area contributed by atoms with Crippen LogP contribution in [-0.2, 0) is 13.0 Å². The van der Waals surface area contributed by atoms with Crippen LogP contribution in [0.25, 0.3) is 11.0 Å². The Morgan fingerprint density at radius 3 is 2.68 bits per heavy atom.